The quantitative estimate of drug-likeness (QED) is 0.613. The van der Waals surface area contributed by atoms with Crippen LogP contribution in [0.2, 0.25) is 0 Å². The molecule has 1 N–H and O–H groups in total. The Hall–Kier alpha value is -3.52. The number of nitrogens with one attached hydrogen (secondary N) is 1. The minimum atomic E-state index is -0.0263. The zero-order valence-electron chi connectivity index (χ0n) is 15.8. The number of aromatic nitrogens is 1. The smallest absolute Gasteiger partial charge is 0.220 e. The van der Waals surface area contributed by atoms with Crippen LogP contribution in [0, 0.1) is 12.3 Å². The molecule has 0 fully saturated rings. The lowest BCUT2D eigenvalue weighted by atomic mass is 10.1. The van der Waals surface area contributed by atoms with Crippen LogP contribution in [0.4, 0.5) is 0 Å². The largest absolute Gasteiger partial charge is 0.493 e. The van der Waals surface area contributed by atoms with Crippen molar-refractivity contribution in [1.82, 2.24) is 10.3 Å². The van der Waals surface area contributed by atoms with Crippen molar-refractivity contribution in [2.24, 2.45) is 0 Å². The molecule has 5 nitrogen and oxygen atoms in total. The monoisotopic (exact) mass is 374 g/mol. The predicted octanol–water partition coefficient (Wildman–Crippen LogP) is 3.50. The summed E-state index contributed by atoms with van der Waals surface area (Å²) in [6.45, 7) is 0.590. The summed E-state index contributed by atoms with van der Waals surface area (Å²) < 4.78 is 10.8. The summed E-state index contributed by atoms with van der Waals surface area (Å²) in [5.41, 5.74) is 1.83. The highest BCUT2D eigenvalue weighted by atomic mass is 16.5. The number of rotatable bonds is 8. The highest BCUT2D eigenvalue weighted by Crippen LogP contribution is 2.28. The second kappa shape index (κ2) is 9.43. The summed E-state index contributed by atoms with van der Waals surface area (Å²) in [5, 5.41) is 5.12. The molecule has 0 spiro atoms. The van der Waals surface area contributed by atoms with Gasteiger partial charge in [-0.3, -0.25) is 9.78 Å². The Bertz CT molecular complexity index is 1010. The van der Waals surface area contributed by atoms with Crippen LogP contribution in [0.5, 0.6) is 11.5 Å². The van der Waals surface area contributed by atoms with Gasteiger partial charge in [-0.15, -0.1) is 6.42 Å². The molecule has 0 saturated carbocycles. The summed E-state index contributed by atoms with van der Waals surface area (Å²) in [6.07, 6.45) is 8.01. The number of terminal acetylenes is 1. The number of fused-ring (bicyclic) bond motifs is 1. The van der Waals surface area contributed by atoms with Crippen molar-refractivity contribution in [2.45, 2.75) is 19.4 Å². The van der Waals surface area contributed by atoms with Gasteiger partial charge >= 0.3 is 0 Å². The first-order valence-corrected chi connectivity index (χ1v) is 9.03. The average Bonchev–Trinajstić information content (AvgIpc) is 2.74. The van der Waals surface area contributed by atoms with E-state index in [0.29, 0.717) is 30.9 Å². The molecule has 0 radical (unpaired) electrons. The van der Waals surface area contributed by atoms with Gasteiger partial charge in [0, 0.05) is 18.0 Å². The molecule has 1 aromatic heterocycles. The number of pyridine rings is 1. The molecule has 0 aliphatic heterocycles. The molecule has 3 aromatic rings. The molecule has 3 rings (SSSR count). The zero-order valence-corrected chi connectivity index (χ0v) is 15.8. The number of ether oxygens (including phenoxy) is 2. The molecule has 0 bridgehead atoms. The van der Waals surface area contributed by atoms with E-state index in [1.165, 1.54) is 0 Å². The Kier molecular flexibility index (Phi) is 6.48. The molecule has 5 heteroatoms. The van der Waals surface area contributed by atoms with Crippen LogP contribution in [-0.2, 0) is 17.8 Å². The third-order valence-corrected chi connectivity index (χ3v) is 4.33. The molecular weight excluding hydrogens is 352 g/mol. The van der Waals surface area contributed by atoms with Crippen LogP contribution >= 0.6 is 0 Å². The van der Waals surface area contributed by atoms with Gasteiger partial charge in [0.15, 0.2) is 11.5 Å². The van der Waals surface area contributed by atoms with Gasteiger partial charge in [0.25, 0.3) is 0 Å². The molecule has 0 unspecified atom stereocenters. The SMILES string of the molecule is C#CCOc1ccc(CCC(=O)NCc2cc3ccccc3cn2)cc1OC. The molecule has 1 heterocycles. The molecule has 142 valence electrons. The van der Waals surface area contributed by atoms with Crippen molar-refractivity contribution in [2.75, 3.05) is 13.7 Å². The van der Waals surface area contributed by atoms with Crippen LogP contribution in [-0.4, -0.2) is 24.6 Å². The second-order valence-electron chi connectivity index (χ2n) is 6.28. The van der Waals surface area contributed by atoms with Crippen LogP contribution in [0.15, 0.2) is 54.7 Å². The van der Waals surface area contributed by atoms with Gasteiger partial charge in [0.05, 0.1) is 19.3 Å². The topological polar surface area (TPSA) is 60.5 Å². The van der Waals surface area contributed by atoms with Crippen molar-refractivity contribution in [3.63, 3.8) is 0 Å². The zero-order chi connectivity index (χ0) is 19.8. The molecule has 0 atom stereocenters. The van der Waals surface area contributed by atoms with E-state index in [1.807, 2.05) is 54.7 Å². The fourth-order valence-electron chi connectivity index (χ4n) is 2.87. The average molecular weight is 374 g/mol. The van der Waals surface area contributed by atoms with Crippen LogP contribution in [0.1, 0.15) is 17.7 Å². The van der Waals surface area contributed by atoms with E-state index in [-0.39, 0.29) is 12.5 Å². The van der Waals surface area contributed by atoms with Crippen LogP contribution in [0.25, 0.3) is 10.8 Å². The van der Waals surface area contributed by atoms with Gasteiger partial charge in [0.2, 0.25) is 5.91 Å². The summed E-state index contributed by atoms with van der Waals surface area (Å²) in [6, 6.07) is 15.6. The molecular formula is C23H22N2O3. The number of amides is 1. The van der Waals surface area contributed by atoms with Gasteiger partial charge in [-0.1, -0.05) is 36.3 Å². The Balaban J connectivity index is 1.52. The first kappa shape index (κ1) is 19.2. The number of aryl methyl sites for hydroxylation is 1. The van der Waals surface area contributed by atoms with E-state index in [2.05, 4.69) is 16.2 Å². The van der Waals surface area contributed by atoms with Crippen LogP contribution < -0.4 is 14.8 Å². The highest BCUT2D eigenvalue weighted by molar-refractivity contribution is 5.82. The van der Waals surface area contributed by atoms with Crippen molar-refractivity contribution < 1.29 is 14.3 Å². The van der Waals surface area contributed by atoms with E-state index >= 15 is 0 Å². The lowest BCUT2D eigenvalue weighted by Crippen LogP contribution is -2.23. The first-order valence-electron chi connectivity index (χ1n) is 9.03. The number of carbonyl (C=O) groups excluding carboxylic acids is 1. The molecule has 0 aliphatic carbocycles. The van der Waals surface area contributed by atoms with Gasteiger partial charge < -0.3 is 14.8 Å². The second-order valence-corrected chi connectivity index (χ2v) is 6.28. The minimum Gasteiger partial charge on any atom is -0.493 e. The molecule has 2 aromatic carbocycles. The normalized spacial score (nSPS) is 10.3. The summed E-state index contributed by atoms with van der Waals surface area (Å²) in [7, 11) is 1.57. The molecule has 28 heavy (non-hydrogen) atoms. The fraction of sp³-hybridized carbons (Fsp3) is 0.217. The van der Waals surface area contributed by atoms with Gasteiger partial charge in [0.1, 0.15) is 6.61 Å². The lowest BCUT2D eigenvalue weighted by molar-refractivity contribution is -0.121. The number of carbonyl (C=O) groups is 1. The van der Waals surface area contributed by atoms with Gasteiger partial charge in [-0.2, -0.15) is 0 Å². The van der Waals surface area contributed by atoms with Crippen molar-refractivity contribution in [3.8, 4) is 23.8 Å². The first-order chi connectivity index (χ1) is 13.7. The van der Waals surface area contributed by atoms with Crippen LogP contribution in [0.3, 0.4) is 0 Å². The Morgan fingerprint density at radius 3 is 2.75 bits per heavy atom. The van der Waals surface area contributed by atoms with Gasteiger partial charge in [-0.05, 0) is 35.6 Å². The van der Waals surface area contributed by atoms with E-state index in [0.717, 1.165) is 22.0 Å². The number of benzene rings is 2. The van der Waals surface area contributed by atoms with E-state index in [1.54, 1.807) is 7.11 Å². The third-order valence-electron chi connectivity index (χ3n) is 4.33. The molecule has 1 amide bonds. The summed E-state index contributed by atoms with van der Waals surface area (Å²) in [4.78, 5) is 16.6. The summed E-state index contributed by atoms with van der Waals surface area (Å²) >= 11 is 0. The maximum atomic E-state index is 12.2. The van der Waals surface area contributed by atoms with Crippen molar-refractivity contribution >= 4 is 16.7 Å². The lowest BCUT2D eigenvalue weighted by Gasteiger charge is -2.11. The Morgan fingerprint density at radius 2 is 1.96 bits per heavy atom. The van der Waals surface area contributed by atoms with E-state index in [4.69, 9.17) is 15.9 Å². The Morgan fingerprint density at radius 1 is 1.14 bits per heavy atom. The van der Waals surface area contributed by atoms with E-state index < -0.39 is 0 Å². The Labute approximate surface area is 164 Å². The van der Waals surface area contributed by atoms with Crippen molar-refractivity contribution in [1.29, 1.82) is 0 Å². The number of hydrogen-bond acceptors (Lipinski definition) is 4. The summed E-state index contributed by atoms with van der Waals surface area (Å²) in [5.74, 6) is 3.60. The number of nitrogens with zero attached hydrogens (tertiary/aromatic N) is 1. The van der Waals surface area contributed by atoms with Gasteiger partial charge in [-0.25, -0.2) is 0 Å². The number of hydrogen-bond donors (Lipinski definition) is 1. The minimum absolute atomic E-state index is 0.0263. The highest BCUT2D eigenvalue weighted by Gasteiger charge is 2.08. The van der Waals surface area contributed by atoms with E-state index in [9.17, 15) is 4.79 Å². The number of methoxy groups -OCH3 is 1. The third kappa shape index (κ3) is 5.01. The molecule has 0 saturated heterocycles. The predicted molar refractivity (Wildman–Crippen MR) is 109 cm³/mol. The maximum absolute atomic E-state index is 12.2. The maximum Gasteiger partial charge on any atom is 0.220 e. The fourth-order valence-corrected chi connectivity index (χ4v) is 2.87. The van der Waals surface area contributed by atoms with Crippen molar-refractivity contribution in [3.05, 3.63) is 66.0 Å². The standard InChI is InChI=1S/C23H22N2O3/c1-3-12-28-21-10-8-17(13-22(21)27-2)9-11-23(26)25-16-20-14-18-6-4-5-7-19(18)15-24-20/h1,4-8,10,13-15H,9,11-12,16H2,2H3,(H,25,26). The molecule has 0 aliphatic rings.